The van der Waals surface area contributed by atoms with E-state index in [1.807, 2.05) is 0 Å². The first-order valence-corrected chi connectivity index (χ1v) is 11.3. The van der Waals surface area contributed by atoms with E-state index in [4.69, 9.17) is 0 Å². The molecule has 0 N–H and O–H groups in total. The normalized spacial score (nSPS) is 21.3. The second-order valence-electron chi connectivity index (χ2n) is 8.08. The van der Waals surface area contributed by atoms with E-state index in [2.05, 4.69) is 6.92 Å². The summed E-state index contributed by atoms with van der Waals surface area (Å²) in [7, 11) is -0.480. The summed E-state index contributed by atoms with van der Waals surface area (Å²) in [6.07, 6.45) is 2.91. The average molecular weight is 425 g/mol. The largest absolute Gasteiger partial charge is 0.354 e. The number of likely N-dealkylation sites (N-methyl/N-ethyl adjacent to an activating group) is 1. The number of nitro groups is 1. The van der Waals surface area contributed by atoms with Gasteiger partial charge >= 0.3 is 0 Å². The van der Waals surface area contributed by atoms with Crippen molar-refractivity contribution in [3.63, 3.8) is 0 Å². The van der Waals surface area contributed by atoms with Crippen molar-refractivity contribution < 1.29 is 18.1 Å². The third-order valence-corrected chi connectivity index (χ3v) is 7.71. The molecular formula is C19H28N4O5S. The van der Waals surface area contributed by atoms with Crippen molar-refractivity contribution in [3.8, 4) is 0 Å². The Kier molecular flexibility index (Phi) is 6.13. The van der Waals surface area contributed by atoms with Gasteiger partial charge in [-0.3, -0.25) is 14.9 Å². The molecule has 9 nitrogen and oxygen atoms in total. The van der Waals surface area contributed by atoms with Gasteiger partial charge < -0.3 is 9.80 Å². The molecule has 1 aromatic carbocycles. The Balaban J connectivity index is 1.96. The van der Waals surface area contributed by atoms with Gasteiger partial charge in [0.15, 0.2) is 0 Å². The number of carbonyl (C=O) groups is 1. The number of hydrogen-bond donors (Lipinski definition) is 0. The Morgan fingerprint density at radius 1 is 1.17 bits per heavy atom. The van der Waals surface area contributed by atoms with Gasteiger partial charge in [0.25, 0.3) is 5.69 Å². The lowest BCUT2D eigenvalue weighted by molar-refractivity contribution is -0.384. The molecular weight excluding hydrogens is 396 g/mol. The third kappa shape index (κ3) is 4.23. The lowest BCUT2D eigenvalue weighted by atomic mass is 10.0. The average Bonchev–Trinajstić information content (AvgIpc) is 3.16. The molecule has 29 heavy (non-hydrogen) atoms. The van der Waals surface area contributed by atoms with Gasteiger partial charge in [-0.2, -0.15) is 4.31 Å². The van der Waals surface area contributed by atoms with E-state index in [0.29, 0.717) is 37.7 Å². The van der Waals surface area contributed by atoms with Gasteiger partial charge in [0.1, 0.15) is 11.7 Å². The highest BCUT2D eigenvalue weighted by Gasteiger charge is 2.36. The molecule has 2 heterocycles. The van der Waals surface area contributed by atoms with Crippen molar-refractivity contribution in [2.75, 3.05) is 38.6 Å². The van der Waals surface area contributed by atoms with Crippen LogP contribution in [0.5, 0.6) is 0 Å². The molecule has 2 aliphatic rings. The first-order chi connectivity index (χ1) is 13.6. The maximum absolute atomic E-state index is 13.0. The maximum atomic E-state index is 13.0. The molecule has 1 aromatic rings. The highest BCUT2D eigenvalue weighted by Crippen LogP contribution is 2.36. The predicted molar refractivity (Wildman–Crippen MR) is 109 cm³/mol. The van der Waals surface area contributed by atoms with Crippen LogP contribution in [0.4, 0.5) is 11.4 Å². The van der Waals surface area contributed by atoms with Crippen molar-refractivity contribution in [1.29, 1.82) is 0 Å². The van der Waals surface area contributed by atoms with Crippen LogP contribution in [0, 0.1) is 16.0 Å². The molecule has 2 aliphatic heterocycles. The van der Waals surface area contributed by atoms with Gasteiger partial charge in [0.2, 0.25) is 15.9 Å². The van der Waals surface area contributed by atoms with E-state index < -0.39 is 21.0 Å². The van der Waals surface area contributed by atoms with Crippen LogP contribution < -0.4 is 4.90 Å². The zero-order valence-corrected chi connectivity index (χ0v) is 17.9. The molecule has 1 atom stereocenters. The molecule has 1 amide bonds. The number of carbonyl (C=O) groups excluding carboxylic acids is 1. The Morgan fingerprint density at radius 2 is 1.83 bits per heavy atom. The highest BCUT2D eigenvalue weighted by molar-refractivity contribution is 7.89. The molecule has 0 spiro atoms. The lowest BCUT2D eigenvalue weighted by Gasteiger charge is -2.30. The molecule has 160 valence electrons. The van der Waals surface area contributed by atoms with E-state index in [-0.39, 0.29) is 16.5 Å². The minimum atomic E-state index is -3.79. The van der Waals surface area contributed by atoms with Crippen LogP contribution in [0.15, 0.2) is 23.1 Å². The fourth-order valence-corrected chi connectivity index (χ4v) is 5.53. The molecule has 1 unspecified atom stereocenters. The Morgan fingerprint density at radius 3 is 2.41 bits per heavy atom. The predicted octanol–water partition coefficient (Wildman–Crippen LogP) is 2.07. The van der Waals surface area contributed by atoms with Gasteiger partial charge in [0.05, 0.1) is 9.82 Å². The summed E-state index contributed by atoms with van der Waals surface area (Å²) in [6.45, 7) is 3.45. The first kappa shape index (κ1) is 21.5. The summed E-state index contributed by atoms with van der Waals surface area (Å²) in [5.41, 5.74) is 0.00817. The van der Waals surface area contributed by atoms with Crippen molar-refractivity contribution in [2.45, 2.75) is 43.5 Å². The molecule has 2 saturated heterocycles. The van der Waals surface area contributed by atoms with Crippen LogP contribution in [0.3, 0.4) is 0 Å². The number of piperidine rings is 1. The Bertz CT molecular complexity index is 894. The van der Waals surface area contributed by atoms with E-state index >= 15 is 0 Å². The van der Waals surface area contributed by atoms with Crippen molar-refractivity contribution in [2.24, 2.45) is 5.92 Å². The Labute approximate surface area is 171 Å². The van der Waals surface area contributed by atoms with E-state index in [9.17, 15) is 23.3 Å². The molecule has 10 heteroatoms. The topological polar surface area (TPSA) is 104 Å². The number of hydrogen-bond acceptors (Lipinski definition) is 6. The van der Waals surface area contributed by atoms with Crippen LogP contribution >= 0.6 is 0 Å². The number of benzene rings is 1. The monoisotopic (exact) mass is 424 g/mol. The molecule has 0 saturated carbocycles. The van der Waals surface area contributed by atoms with Crippen LogP contribution in [-0.2, 0) is 14.8 Å². The summed E-state index contributed by atoms with van der Waals surface area (Å²) in [5, 5.41) is 11.8. The Hall–Kier alpha value is -2.20. The van der Waals surface area contributed by atoms with Gasteiger partial charge in [-0.15, -0.1) is 0 Å². The smallest absolute Gasteiger partial charge is 0.293 e. The second kappa shape index (κ2) is 8.27. The summed E-state index contributed by atoms with van der Waals surface area (Å²) in [6, 6.07) is 3.55. The molecule has 2 fully saturated rings. The molecule has 0 bridgehead atoms. The fourth-order valence-electron chi connectivity index (χ4n) is 4.04. The quantitative estimate of drug-likeness (QED) is 0.529. The van der Waals surface area contributed by atoms with Crippen molar-refractivity contribution in [3.05, 3.63) is 28.3 Å². The molecule has 3 rings (SSSR count). The third-order valence-electron chi connectivity index (χ3n) is 5.81. The number of nitrogens with zero attached hydrogens (tertiary/aromatic N) is 4. The van der Waals surface area contributed by atoms with E-state index in [0.717, 1.165) is 25.3 Å². The first-order valence-electron chi connectivity index (χ1n) is 9.89. The number of nitro benzene ring substituents is 1. The summed E-state index contributed by atoms with van der Waals surface area (Å²) >= 11 is 0. The van der Waals surface area contributed by atoms with Crippen molar-refractivity contribution in [1.82, 2.24) is 9.21 Å². The summed E-state index contributed by atoms with van der Waals surface area (Å²) in [4.78, 5) is 26.8. The van der Waals surface area contributed by atoms with Gasteiger partial charge in [-0.05, 0) is 43.7 Å². The zero-order valence-electron chi connectivity index (χ0n) is 17.1. The number of sulfonamides is 1. The number of anilines is 1. The van der Waals surface area contributed by atoms with Gasteiger partial charge in [-0.1, -0.05) is 6.92 Å². The van der Waals surface area contributed by atoms with E-state index in [1.54, 1.807) is 19.0 Å². The maximum Gasteiger partial charge on any atom is 0.293 e. The number of rotatable bonds is 5. The highest BCUT2D eigenvalue weighted by atomic mass is 32.2. The summed E-state index contributed by atoms with van der Waals surface area (Å²) in [5.74, 6) is 0.357. The molecule has 0 radical (unpaired) electrons. The minimum Gasteiger partial charge on any atom is -0.354 e. The summed E-state index contributed by atoms with van der Waals surface area (Å²) < 4.78 is 27.4. The standard InChI is InChI=1S/C19H28N4O5S/c1-14-8-11-21(12-9-14)29(27,28)15-6-7-16(18(13-15)23(25)26)22-10-4-5-17(22)19(24)20(2)3/h6-7,13-14,17H,4-5,8-12H2,1-3H3. The fraction of sp³-hybridized carbons (Fsp3) is 0.632. The van der Waals surface area contributed by atoms with Crippen LogP contribution in [0.1, 0.15) is 32.6 Å². The molecule has 0 aromatic heterocycles. The minimum absolute atomic E-state index is 0.0720. The number of amides is 1. The van der Waals surface area contributed by atoms with Crippen molar-refractivity contribution >= 4 is 27.3 Å². The van der Waals surface area contributed by atoms with Crippen LogP contribution in [0.25, 0.3) is 0 Å². The van der Waals surface area contributed by atoms with Gasteiger partial charge in [0, 0.05) is 39.8 Å². The van der Waals surface area contributed by atoms with E-state index in [1.165, 1.54) is 21.3 Å². The van der Waals surface area contributed by atoms with Crippen LogP contribution in [-0.4, -0.2) is 68.2 Å². The van der Waals surface area contributed by atoms with Crippen LogP contribution in [0.2, 0.25) is 0 Å². The SMILES string of the molecule is CC1CCN(S(=O)(=O)c2ccc(N3CCCC3C(=O)N(C)C)c([N+](=O)[O-])c2)CC1. The zero-order chi connectivity index (χ0) is 21.3. The van der Waals surface area contributed by atoms with Gasteiger partial charge in [-0.25, -0.2) is 8.42 Å². The molecule has 0 aliphatic carbocycles. The lowest BCUT2D eigenvalue weighted by Crippen LogP contribution is -2.43. The second-order valence-corrected chi connectivity index (χ2v) is 10.0.